The van der Waals surface area contributed by atoms with E-state index in [0.717, 1.165) is 0 Å². The lowest BCUT2D eigenvalue weighted by Crippen LogP contribution is -2.14. The molecule has 0 amide bonds. The van der Waals surface area contributed by atoms with Crippen LogP contribution in [0.3, 0.4) is 0 Å². The summed E-state index contributed by atoms with van der Waals surface area (Å²) >= 11 is 0. The molecule has 4 rings (SSSR count). The molecule has 0 N–H and O–H groups in total. The summed E-state index contributed by atoms with van der Waals surface area (Å²) < 4.78 is 4.97. The van der Waals surface area contributed by atoms with Crippen molar-refractivity contribution in [3.05, 3.63) is 143 Å². The first-order valence-corrected chi connectivity index (χ1v) is 10.2. The molecule has 5 heteroatoms. The Labute approximate surface area is 190 Å². The van der Waals surface area contributed by atoms with Crippen molar-refractivity contribution in [3.8, 4) is 0 Å². The Morgan fingerprint density at radius 2 is 0.788 bits per heavy atom. The molecule has 0 atom stereocenters. The van der Waals surface area contributed by atoms with Gasteiger partial charge in [0.1, 0.15) is 0 Å². The van der Waals surface area contributed by atoms with E-state index in [1.165, 1.54) is 36.4 Å². The maximum absolute atomic E-state index is 12.6. The topological polar surface area (TPSA) is 77.5 Å². The molecule has 0 saturated heterocycles. The fraction of sp³-hybridized carbons (Fsp3) is 0. The van der Waals surface area contributed by atoms with Gasteiger partial charge in [-0.25, -0.2) is 9.59 Å². The number of carbonyl (C=O) groups is 4. The average Bonchev–Trinajstić information content (AvgIpc) is 2.89. The van der Waals surface area contributed by atoms with Crippen molar-refractivity contribution in [2.24, 2.45) is 0 Å². The van der Waals surface area contributed by atoms with Crippen LogP contribution in [-0.4, -0.2) is 23.5 Å². The minimum absolute atomic E-state index is 0.0843. The van der Waals surface area contributed by atoms with Crippen molar-refractivity contribution in [1.82, 2.24) is 0 Å². The van der Waals surface area contributed by atoms with Crippen LogP contribution in [0.1, 0.15) is 52.6 Å². The molecule has 0 aliphatic rings. The van der Waals surface area contributed by atoms with Gasteiger partial charge in [-0.05, 0) is 24.3 Å². The lowest BCUT2D eigenvalue weighted by molar-refractivity contribution is 0.0397. The third-order valence-electron chi connectivity index (χ3n) is 5.00. The van der Waals surface area contributed by atoms with Gasteiger partial charge in [-0.15, -0.1) is 0 Å². The summed E-state index contributed by atoms with van der Waals surface area (Å²) in [6.45, 7) is 0. The molecule has 33 heavy (non-hydrogen) atoms. The molecule has 0 saturated carbocycles. The Bertz CT molecular complexity index is 1320. The van der Waals surface area contributed by atoms with Crippen LogP contribution in [0.5, 0.6) is 0 Å². The van der Waals surface area contributed by atoms with Gasteiger partial charge < -0.3 is 4.74 Å². The summed E-state index contributed by atoms with van der Waals surface area (Å²) in [6, 6.07) is 29.4. The molecule has 0 heterocycles. The van der Waals surface area contributed by atoms with E-state index in [9.17, 15) is 19.2 Å². The summed E-state index contributed by atoms with van der Waals surface area (Å²) in [5, 5.41) is 0. The van der Waals surface area contributed by atoms with E-state index < -0.39 is 11.9 Å². The van der Waals surface area contributed by atoms with Gasteiger partial charge in [0.25, 0.3) is 0 Å². The molecule has 4 aromatic rings. The first-order chi connectivity index (χ1) is 16.0. The van der Waals surface area contributed by atoms with Crippen molar-refractivity contribution in [3.63, 3.8) is 0 Å². The van der Waals surface area contributed by atoms with Gasteiger partial charge in [0, 0.05) is 22.3 Å². The van der Waals surface area contributed by atoms with Crippen LogP contribution >= 0.6 is 0 Å². The molecule has 0 bridgehead atoms. The Hall–Kier alpha value is -4.64. The van der Waals surface area contributed by atoms with Crippen molar-refractivity contribution >= 4 is 23.5 Å². The van der Waals surface area contributed by atoms with E-state index in [1.54, 1.807) is 66.7 Å². The second-order valence-electron chi connectivity index (χ2n) is 7.23. The molecule has 0 spiro atoms. The minimum Gasteiger partial charge on any atom is -0.386 e. The standard InChI is InChI=1S/C28H18O5/c29-25(19-8-3-1-4-9-19)21-14-16-22(17-15-21)27(31)33-28(32)24-13-7-12-23(18-24)26(30)20-10-5-2-6-11-20/h1-18H. The maximum Gasteiger partial charge on any atom is 0.346 e. The van der Waals surface area contributed by atoms with Crippen LogP contribution < -0.4 is 0 Å². The van der Waals surface area contributed by atoms with E-state index >= 15 is 0 Å². The lowest BCUT2D eigenvalue weighted by atomic mass is 10.0. The van der Waals surface area contributed by atoms with E-state index in [2.05, 4.69) is 0 Å². The summed E-state index contributed by atoms with van der Waals surface area (Å²) in [6.07, 6.45) is 0. The molecular weight excluding hydrogens is 416 g/mol. The lowest BCUT2D eigenvalue weighted by Gasteiger charge is -2.06. The van der Waals surface area contributed by atoms with Crippen LogP contribution in [0.2, 0.25) is 0 Å². The van der Waals surface area contributed by atoms with Crippen LogP contribution in [0, 0.1) is 0 Å². The first kappa shape index (κ1) is 21.6. The number of hydrogen-bond donors (Lipinski definition) is 0. The van der Waals surface area contributed by atoms with Crippen LogP contribution in [0.25, 0.3) is 0 Å². The average molecular weight is 434 g/mol. The van der Waals surface area contributed by atoms with E-state index in [1.807, 2.05) is 6.07 Å². The Morgan fingerprint density at radius 3 is 1.36 bits per heavy atom. The van der Waals surface area contributed by atoms with Crippen LogP contribution in [0.4, 0.5) is 0 Å². The summed E-state index contributed by atoms with van der Waals surface area (Å²) in [5.74, 6) is -2.13. The summed E-state index contributed by atoms with van der Waals surface area (Å²) in [5.41, 5.74) is 1.96. The zero-order valence-corrected chi connectivity index (χ0v) is 17.4. The number of benzene rings is 4. The van der Waals surface area contributed by atoms with Gasteiger partial charge in [0.05, 0.1) is 11.1 Å². The summed E-state index contributed by atoms with van der Waals surface area (Å²) in [7, 11) is 0. The third kappa shape index (κ3) is 4.99. The number of ether oxygens (including phenoxy) is 1. The van der Waals surface area contributed by atoms with Crippen molar-refractivity contribution < 1.29 is 23.9 Å². The van der Waals surface area contributed by atoms with Gasteiger partial charge in [0.2, 0.25) is 0 Å². The molecule has 160 valence electrons. The quantitative estimate of drug-likeness (QED) is 0.238. The number of hydrogen-bond acceptors (Lipinski definition) is 5. The minimum atomic E-state index is -0.868. The monoisotopic (exact) mass is 434 g/mol. The fourth-order valence-corrected chi connectivity index (χ4v) is 3.26. The van der Waals surface area contributed by atoms with Gasteiger partial charge in [-0.2, -0.15) is 0 Å². The highest BCUT2D eigenvalue weighted by atomic mass is 16.6. The first-order valence-electron chi connectivity index (χ1n) is 10.2. The predicted molar refractivity (Wildman–Crippen MR) is 122 cm³/mol. The number of rotatable bonds is 6. The zero-order chi connectivity index (χ0) is 23.2. The molecular formula is C28H18O5. The molecule has 0 radical (unpaired) electrons. The van der Waals surface area contributed by atoms with Gasteiger partial charge in [0.15, 0.2) is 11.6 Å². The molecule has 0 aliphatic heterocycles. The van der Waals surface area contributed by atoms with Gasteiger partial charge >= 0.3 is 11.9 Å². The SMILES string of the molecule is O=C(OC(=O)c1cccc(C(=O)c2ccccc2)c1)c1ccc(C(=O)c2ccccc2)cc1. The van der Waals surface area contributed by atoms with E-state index in [0.29, 0.717) is 22.3 Å². The Balaban J connectivity index is 1.45. The van der Waals surface area contributed by atoms with Gasteiger partial charge in [-0.3, -0.25) is 9.59 Å². The molecule has 5 nitrogen and oxygen atoms in total. The van der Waals surface area contributed by atoms with Gasteiger partial charge in [-0.1, -0.05) is 84.9 Å². The highest BCUT2D eigenvalue weighted by molar-refractivity contribution is 6.11. The number of esters is 2. The largest absolute Gasteiger partial charge is 0.386 e. The molecule has 0 fully saturated rings. The second-order valence-corrected chi connectivity index (χ2v) is 7.23. The smallest absolute Gasteiger partial charge is 0.346 e. The van der Waals surface area contributed by atoms with Crippen molar-refractivity contribution in [1.29, 1.82) is 0 Å². The fourth-order valence-electron chi connectivity index (χ4n) is 3.26. The van der Waals surface area contributed by atoms with Crippen LogP contribution in [0.15, 0.2) is 109 Å². The molecule has 0 unspecified atom stereocenters. The third-order valence-corrected chi connectivity index (χ3v) is 5.00. The molecule has 0 aromatic heterocycles. The highest BCUT2D eigenvalue weighted by Crippen LogP contribution is 2.15. The highest BCUT2D eigenvalue weighted by Gasteiger charge is 2.18. The second kappa shape index (κ2) is 9.66. The number of ketones is 2. The van der Waals surface area contributed by atoms with E-state index in [4.69, 9.17) is 4.74 Å². The predicted octanol–water partition coefficient (Wildman–Crippen LogP) is 5.15. The Morgan fingerprint density at radius 1 is 0.394 bits per heavy atom. The normalized spacial score (nSPS) is 10.3. The maximum atomic E-state index is 12.6. The Kier molecular flexibility index (Phi) is 6.32. The number of carbonyl (C=O) groups excluding carboxylic acids is 4. The van der Waals surface area contributed by atoms with Crippen molar-refractivity contribution in [2.45, 2.75) is 0 Å². The van der Waals surface area contributed by atoms with Crippen LogP contribution in [-0.2, 0) is 4.74 Å². The molecule has 0 aliphatic carbocycles. The zero-order valence-electron chi connectivity index (χ0n) is 17.4. The van der Waals surface area contributed by atoms with E-state index in [-0.39, 0.29) is 22.7 Å². The van der Waals surface area contributed by atoms with Crippen molar-refractivity contribution in [2.75, 3.05) is 0 Å². The molecule has 4 aromatic carbocycles. The summed E-state index contributed by atoms with van der Waals surface area (Å²) in [4.78, 5) is 50.0.